The average Bonchev–Trinajstić information content (AvgIpc) is 2.94. The summed E-state index contributed by atoms with van der Waals surface area (Å²) >= 11 is 0. The number of hydrogen-bond acceptors (Lipinski definition) is 5. The van der Waals surface area contributed by atoms with Crippen LogP contribution in [0.4, 0.5) is 5.69 Å². The lowest BCUT2D eigenvalue weighted by molar-refractivity contribution is -0.120. The quantitative estimate of drug-likeness (QED) is 0.822. The Morgan fingerprint density at radius 3 is 2.57 bits per heavy atom. The van der Waals surface area contributed by atoms with E-state index in [4.69, 9.17) is 0 Å². The van der Waals surface area contributed by atoms with E-state index in [9.17, 15) is 18.5 Å². The van der Waals surface area contributed by atoms with Crippen molar-refractivity contribution in [2.24, 2.45) is 0 Å². The van der Waals surface area contributed by atoms with Gasteiger partial charge in [-0.2, -0.15) is 5.26 Å². The lowest BCUT2D eigenvalue weighted by atomic mass is 10.00. The number of sulfone groups is 1. The summed E-state index contributed by atoms with van der Waals surface area (Å²) in [6.07, 6.45) is 4.42. The minimum Gasteiger partial charge on any atom is -0.376 e. The van der Waals surface area contributed by atoms with E-state index in [1.165, 1.54) is 6.26 Å². The summed E-state index contributed by atoms with van der Waals surface area (Å²) in [6, 6.07) is 9.20. The van der Waals surface area contributed by atoms with Crippen molar-refractivity contribution in [1.29, 1.82) is 5.26 Å². The number of amides is 1. The van der Waals surface area contributed by atoms with Crippen LogP contribution in [0, 0.1) is 11.3 Å². The molecule has 1 aromatic carbocycles. The van der Waals surface area contributed by atoms with Crippen LogP contribution in [0.2, 0.25) is 0 Å². The summed E-state index contributed by atoms with van der Waals surface area (Å²) in [5.74, 6) is -0.345. The van der Waals surface area contributed by atoms with E-state index in [2.05, 4.69) is 16.7 Å². The van der Waals surface area contributed by atoms with Crippen LogP contribution < -0.4 is 10.6 Å². The van der Waals surface area contributed by atoms with Crippen LogP contribution in [-0.2, 0) is 20.4 Å². The van der Waals surface area contributed by atoms with Gasteiger partial charge >= 0.3 is 0 Å². The molecule has 1 aliphatic carbocycles. The first-order chi connectivity index (χ1) is 10.8. The molecule has 0 radical (unpaired) electrons. The van der Waals surface area contributed by atoms with Gasteiger partial charge in [0.25, 0.3) is 0 Å². The monoisotopic (exact) mass is 335 g/mol. The summed E-state index contributed by atoms with van der Waals surface area (Å²) in [4.78, 5) is 12.1. The van der Waals surface area contributed by atoms with Gasteiger partial charge in [-0.3, -0.25) is 4.79 Å². The normalized spacial score (nSPS) is 16.5. The molecule has 1 saturated carbocycles. The van der Waals surface area contributed by atoms with E-state index in [0.29, 0.717) is 24.1 Å². The zero-order chi connectivity index (χ0) is 16.9. The number of anilines is 1. The summed E-state index contributed by atoms with van der Waals surface area (Å²) in [5.41, 5.74) is 0.495. The van der Waals surface area contributed by atoms with Crippen molar-refractivity contribution in [3.8, 4) is 6.07 Å². The second-order valence-corrected chi connectivity index (χ2v) is 8.17. The Bertz CT molecular complexity index is 716. The third-order valence-corrected chi connectivity index (χ3v) is 4.76. The highest BCUT2D eigenvalue weighted by Crippen LogP contribution is 2.28. The molecule has 0 saturated heterocycles. The topological polar surface area (TPSA) is 99.1 Å². The molecule has 7 heteroatoms. The Morgan fingerprint density at radius 1 is 1.30 bits per heavy atom. The van der Waals surface area contributed by atoms with Crippen molar-refractivity contribution in [3.05, 3.63) is 29.8 Å². The molecule has 1 aromatic rings. The number of carbonyl (C=O) groups is 1. The van der Waals surface area contributed by atoms with Crippen LogP contribution in [0.15, 0.2) is 24.3 Å². The fourth-order valence-corrected chi connectivity index (χ4v) is 3.65. The zero-order valence-corrected chi connectivity index (χ0v) is 13.9. The van der Waals surface area contributed by atoms with E-state index >= 15 is 0 Å². The highest BCUT2D eigenvalue weighted by atomic mass is 32.2. The number of rotatable bonds is 6. The van der Waals surface area contributed by atoms with Gasteiger partial charge in [-0.15, -0.1) is 0 Å². The van der Waals surface area contributed by atoms with Gasteiger partial charge in [0.05, 0.1) is 18.4 Å². The van der Waals surface area contributed by atoms with Crippen molar-refractivity contribution in [2.75, 3.05) is 18.1 Å². The lowest BCUT2D eigenvalue weighted by Gasteiger charge is -2.22. The molecule has 0 aliphatic heterocycles. The van der Waals surface area contributed by atoms with Gasteiger partial charge in [0.2, 0.25) is 5.91 Å². The maximum absolute atomic E-state index is 12.1. The molecular formula is C16H21N3O3S. The van der Waals surface area contributed by atoms with Crippen LogP contribution in [0.5, 0.6) is 0 Å². The van der Waals surface area contributed by atoms with Crippen LogP contribution in [0.25, 0.3) is 0 Å². The second kappa shape index (κ2) is 7.01. The molecule has 2 N–H and O–H groups in total. The maximum atomic E-state index is 12.1. The lowest BCUT2D eigenvalue weighted by Crippen LogP contribution is -2.47. The fraction of sp³-hybridized carbons (Fsp3) is 0.500. The number of nitrogens with zero attached hydrogens (tertiary/aromatic N) is 1. The molecule has 0 bridgehead atoms. The van der Waals surface area contributed by atoms with Crippen LogP contribution in [0.1, 0.15) is 31.2 Å². The van der Waals surface area contributed by atoms with Crippen molar-refractivity contribution < 1.29 is 13.2 Å². The van der Waals surface area contributed by atoms with Crippen LogP contribution >= 0.6 is 0 Å². The molecule has 0 aromatic heterocycles. The molecule has 0 spiro atoms. The zero-order valence-electron chi connectivity index (χ0n) is 13.1. The Balaban J connectivity index is 1.98. The van der Waals surface area contributed by atoms with E-state index in [0.717, 1.165) is 12.8 Å². The molecule has 0 heterocycles. The SMILES string of the molecule is CS(=O)(=O)Cc1ccccc1NCC(=O)NC1(C#N)CCCC1. The number of benzene rings is 1. The first-order valence-corrected chi connectivity index (χ1v) is 9.61. The van der Waals surface area contributed by atoms with Crippen molar-refractivity contribution in [2.45, 2.75) is 37.0 Å². The number of nitriles is 1. The number of para-hydroxylation sites is 1. The Morgan fingerprint density at radius 2 is 1.96 bits per heavy atom. The Kier molecular flexibility index (Phi) is 5.26. The van der Waals surface area contributed by atoms with Gasteiger partial charge < -0.3 is 10.6 Å². The second-order valence-electron chi connectivity index (χ2n) is 6.03. The van der Waals surface area contributed by atoms with E-state index < -0.39 is 15.4 Å². The molecule has 1 amide bonds. The van der Waals surface area contributed by atoms with Crippen molar-refractivity contribution in [3.63, 3.8) is 0 Å². The van der Waals surface area contributed by atoms with Crippen molar-refractivity contribution in [1.82, 2.24) is 5.32 Å². The van der Waals surface area contributed by atoms with Gasteiger partial charge in [-0.1, -0.05) is 18.2 Å². The van der Waals surface area contributed by atoms with Crippen LogP contribution in [0.3, 0.4) is 0 Å². The first kappa shape index (κ1) is 17.3. The molecule has 6 nitrogen and oxygen atoms in total. The van der Waals surface area contributed by atoms with Crippen molar-refractivity contribution >= 4 is 21.4 Å². The third kappa shape index (κ3) is 4.96. The minimum atomic E-state index is -3.15. The molecule has 1 aliphatic rings. The van der Waals surface area contributed by atoms with E-state index in [-0.39, 0.29) is 18.2 Å². The summed E-state index contributed by atoms with van der Waals surface area (Å²) < 4.78 is 22.9. The predicted octanol–water partition coefficient (Wildman–Crippen LogP) is 1.60. The minimum absolute atomic E-state index is 0.00417. The highest BCUT2D eigenvalue weighted by molar-refractivity contribution is 7.89. The van der Waals surface area contributed by atoms with Gasteiger partial charge in [-0.05, 0) is 37.3 Å². The average molecular weight is 335 g/mol. The molecule has 2 rings (SSSR count). The number of hydrogen-bond donors (Lipinski definition) is 2. The number of nitrogens with one attached hydrogen (secondary N) is 2. The van der Waals surface area contributed by atoms with Gasteiger partial charge in [0, 0.05) is 11.9 Å². The maximum Gasteiger partial charge on any atom is 0.240 e. The van der Waals surface area contributed by atoms with E-state index in [1.807, 2.05) is 0 Å². The third-order valence-electron chi connectivity index (χ3n) is 3.92. The summed E-state index contributed by atoms with van der Waals surface area (Å²) in [7, 11) is -3.15. The predicted molar refractivity (Wildman–Crippen MR) is 88.4 cm³/mol. The van der Waals surface area contributed by atoms with Gasteiger partial charge in [0.15, 0.2) is 9.84 Å². The summed E-state index contributed by atoms with van der Waals surface area (Å²) in [5, 5.41) is 15.0. The Hall–Kier alpha value is -2.07. The number of carbonyl (C=O) groups excluding carboxylic acids is 1. The molecule has 0 unspecified atom stereocenters. The van der Waals surface area contributed by atoms with Gasteiger partial charge in [0.1, 0.15) is 5.54 Å². The van der Waals surface area contributed by atoms with Crippen LogP contribution in [-0.4, -0.2) is 32.7 Å². The summed E-state index contributed by atoms with van der Waals surface area (Å²) in [6.45, 7) is 0.00417. The van der Waals surface area contributed by atoms with E-state index in [1.54, 1.807) is 24.3 Å². The first-order valence-electron chi connectivity index (χ1n) is 7.55. The smallest absolute Gasteiger partial charge is 0.240 e. The molecule has 1 fully saturated rings. The Labute approximate surface area is 136 Å². The highest BCUT2D eigenvalue weighted by Gasteiger charge is 2.35. The molecular weight excluding hydrogens is 314 g/mol. The largest absolute Gasteiger partial charge is 0.376 e. The fourth-order valence-electron chi connectivity index (χ4n) is 2.83. The molecule has 23 heavy (non-hydrogen) atoms. The molecule has 0 atom stereocenters. The standard InChI is InChI=1S/C16H21N3O3S/c1-23(21,22)11-13-6-2-3-7-14(13)18-10-15(20)19-16(12-17)8-4-5-9-16/h2-3,6-7,18H,4-5,8-11H2,1H3,(H,19,20). The molecule has 124 valence electrons. The van der Waals surface area contributed by atoms with Gasteiger partial charge in [-0.25, -0.2) is 8.42 Å².